The summed E-state index contributed by atoms with van der Waals surface area (Å²) in [5.41, 5.74) is 0. The summed E-state index contributed by atoms with van der Waals surface area (Å²) >= 11 is 0. The molecule has 0 aromatic rings. The minimum atomic E-state index is 0.295. The van der Waals surface area contributed by atoms with Crippen LogP contribution >= 0.6 is 0 Å². The average molecular weight is 182 g/mol. The van der Waals surface area contributed by atoms with E-state index < -0.39 is 0 Å². The summed E-state index contributed by atoms with van der Waals surface area (Å²) in [6.07, 6.45) is 8.64. The highest BCUT2D eigenvalue weighted by Crippen LogP contribution is 2.12. The first-order valence-electron chi connectivity index (χ1n) is 4.89. The van der Waals surface area contributed by atoms with Gasteiger partial charge in [0.25, 0.3) is 0 Å². The van der Waals surface area contributed by atoms with E-state index in [1.165, 1.54) is 0 Å². The van der Waals surface area contributed by atoms with E-state index in [1.54, 1.807) is 0 Å². The van der Waals surface area contributed by atoms with Gasteiger partial charge in [-0.3, -0.25) is 0 Å². The van der Waals surface area contributed by atoms with Crippen LogP contribution in [0.1, 0.15) is 26.7 Å². The molecule has 1 aliphatic carbocycles. The summed E-state index contributed by atoms with van der Waals surface area (Å²) in [7, 11) is 0. The molecule has 0 bridgehead atoms. The first-order valence-corrected chi connectivity index (χ1v) is 4.89. The number of ether oxygens (including phenoxy) is 2. The smallest absolute Gasteiger partial charge is 0.111 e. The van der Waals surface area contributed by atoms with Gasteiger partial charge in [0.15, 0.2) is 0 Å². The molecule has 0 spiro atoms. The van der Waals surface area contributed by atoms with E-state index in [9.17, 15) is 0 Å². The Morgan fingerprint density at radius 1 is 1.38 bits per heavy atom. The van der Waals surface area contributed by atoms with Crippen molar-refractivity contribution in [2.75, 3.05) is 13.2 Å². The lowest BCUT2D eigenvalue weighted by molar-refractivity contribution is 0.0372. The van der Waals surface area contributed by atoms with Crippen molar-refractivity contribution < 1.29 is 9.47 Å². The van der Waals surface area contributed by atoms with E-state index in [2.05, 4.69) is 6.08 Å². The average Bonchev–Trinajstić information content (AvgIpc) is 2.14. The van der Waals surface area contributed by atoms with Gasteiger partial charge in [-0.2, -0.15) is 0 Å². The van der Waals surface area contributed by atoms with Crippen molar-refractivity contribution in [3.63, 3.8) is 0 Å². The Bertz CT molecular complexity index is 192. The lowest BCUT2D eigenvalue weighted by atomic mass is 10.2. The van der Waals surface area contributed by atoms with Crippen LogP contribution in [-0.2, 0) is 9.47 Å². The Morgan fingerprint density at radius 3 is 2.85 bits per heavy atom. The molecule has 0 aromatic carbocycles. The second kappa shape index (κ2) is 5.81. The third kappa shape index (κ3) is 4.73. The Hall–Kier alpha value is -0.760. The maximum Gasteiger partial charge on any atom is 0.111 e. The van der Waals surface area contributed by atoms with E-state index in [4.69, 9.17) is 9.47 Å². The van der Waals surface area contributed by atoms with Crippen LogP contribution in [0.3, 0.4) is 0 Å². The SMILES string of the molecule is CC(C)OCCOC1=CC=CCC1. The maximum absolute atomic E-state index is 5.52. The Balaban J connectivity index is 2.05. The summed E-state index contributed by atoms with van der Waals surface area (Å²) in [5.74, 6) is 1.08. The van der Waals surface area contributed by atoms with Gasteiger partial charge >= 0.3 is 0 Å². The fraction of sp³-hybridized carbons (Fsp3) is 0.636. The molecule has 74 valence electrons. The van der Waals surface area contributed by atoms with E-state index in [0.717, 1.165) is 18.6 Å². The van der Waals surface area contributed by atoms with Gasteiger partial charge in [-0.15, -0.1) is 0 Å². The number of rotatable bonds is 5. The molecule has 13 heavy (non-hydrogen) atoms. The molecule has 2 nitrogen and oxygen atoms in total. The molecule has 0 N–H and O–H groups in total. The van der Waals surface area contributed by atoms with E-state index >= 15 is 0 Å². The molecule has 0 saturated carbocycles. The zero-order valence-corrected chi connectivity index (χ0v) is 8.45. The zero-order valence-electron chi connectivity index (χ0n) is 8.45. The highest BCUT2D eigenvalue weighted by Gasteiger charge is 2.00. The van der Waals surface area contributed by atoms with Gasteiger partial charge in [0, 0.05) is 6.42 Å². The van der Waals surface area contributed by atoms with Gasteiger partial charge < -0.3 is 9.47 Å². The highest BCUT2D eigenvalue weighted by atomic mass is 16.5. The molecule has 1 rings (SSSR count). The fourth-order valence-corrected chi connectivity index (χ4v) is 1.16. The third-order valence-electron chi connectivity index (χ3n) is 1.80. The van der Waals surface area contributed by atoms with E-state index in [0.29, 0.717) is 19.3 Å². The predicted octanol–water partition coefficient (Wildman–Crippen LogP) is 2.66. The Kier molecular flexibility index (Phi) is 4.61. The van der Waals surface area contributed by atoms with Crippen molar-refractivity contribution in [1.29, 1.82) is 0 Å². The van der Waals surface area contributed by atoms with Crippen molar-refractivity contribution in [3.05, 3.63) is 24.0 Å². The molecule has 1 aliphatic rings. The van der Waals surface area contributed by atoms with Gasteiger partial charge in [-0.25, -0.2) is 0 Å². The molecule has 0 aliphatic heterocycles. The van der Waals surface area contributed by atoms with Gasteiger partial charge in [-0.05, 0) is 26.3 Å². The predicted molar refractivity (Wildman–Crippen MR) is 53.5 cm³/mol. The Morgan fingerprint density at radius 2 is 2.23 bits per heavy atom. The highest BCUT2D eigenvalue weighted by molar-refractivity contribution is 5.12. The van der Waals surface area contributed by atoms with Crippen LogP contribution in [0.25, 0.3) is 0 Å². The van der Waals surface area contributed by atoms with Crippen molar-refractivity contribution in [1.82, 2.24) is 0 Å². The third-order valence-corrected chi connectivity index (χ3v) is 1.80. The number of allylic oxidation sites excluding steroid dienone is 4. The van der Waals surface area contributed by atoms with E-state index in [-0.39, 0.29) is 0 Å². The summed E-state index contributed by atoms with van der Waals surface area (Å²) in [6, 6.07) is 0. The second-order valence-electron chi connectivity index (χ2n) is 3.37. The zero-order chi connectivity index (χ0) is 9.52. The van der Waals surface area contributed by atoms with Crippen LogP contribution in [0.5, 0.6) is 0 Å². The summed E-state index contributed by atoms with van der Waals surface area (Å²) in [5, 5.41) is 0. The van der Waals surface area contributed by atoms with Crippen LogP contribution in [0.4, 0.5) is 0 Å². The molecule has 0 heterocycles. The summed E-state index contributed by atoms with van der Waals surface area (Å²) < 4.78 is 10.9. The molecule has 0 aromatic heterocycles. The normalized spacial score (nSPS) is 16.1. The summed E-state index contributed by atoms with van der Waals surface area (Å²) in [6.45, 7) is 5.40. The van der Waals surface area contributed by atoms with Gasteiger partial charge in [0.1, 0.15) is 6.61 Å². The topological polar surface area (TPSA) is 18.5 Å². The van der Waals surface area contributed by atoms with Crippen molar-refractivity contribution in [2.24, 2.45) is 0 Å². The van der Waals surface area contributed by atoms with Crippen LogP contribution in [0.2, 0.25) is 0 Å². The Labute approximate surface area is 80.2 Å². The van der Waals surface area contributed by atoms with Gasteiger partial charge in [0.2, 0.25) is 0 Å². The molecule has 0 atom stereocenters. The quantitative estimate of drug-likeness (QED) is 0.608. The molecule has 0 amide bonds. The monoisotopic (exact) mass is 182 g/mol. The molecule has 2 heteroatoms. The van der Waals surface area contributed by atoms with Crippen LogP contribution < -0.4 is 0 Å². The molecular formula is C11H18O2. The fourth-order valence-electron chi connectivity index (χ4n) is 1.16. The molecule has 0 fully saturated rings. The van der Waals surface area contributed by atoms with Gasteiger partial charge in [0.05, 0.1) is 18.5 Å². The first-order chi connectivity index (χ1) is 6.29. The maximum atomic E-state index is 5.52. The largest absolute Gasteiger partial charge is 0.496 e. The van der Waals surface area contributed by atoms with Crippen molar-refractivity contribution >= 4 is 0 Å². The number of hydrogen-bond donors (Lipinski definition) is 0. The minimum Gasteiger partial charge on any atom is -0.496 e. The standard InChI is InChI=1S/C11H18O2/c1-10(2)12-8-9-13-11-6-4-3-5-7-11/h3-4,6,10H,5,7-9H2,1-2H3. The summed E-state index contributed by atoms with van der Waals surface area (Å²) in [4.78, 5) is 0. The first kappa shape index (κ1) is 10.3. The lowest BCUT2D eigenvalue weighted by Crippen LogP contribution is -2.09. The molecular weight excluding hydrogens is 164 g/mol. The van der Waals surface area contributed by atoms with E-state index in [1.807, 2.05) is 26.0 Å². The molecule has 0 saturated heterocycles. The van der Waals surface area contributed by atoms with Crippen molar-refractivity contribution in [3.8, 4) is 0 Å². The van der Waals surface area contributed by atoms with Crippen LogP contribution in [0.15, 0.2) is 24.0 Å². The molecule has 0 unspecified atom stereocenters. The molecule has 0 radical (unpaired) electrons. The minimum absolute atomic E-state index is 0.295. The lowest BCUT2D eigenvalue weighted by Gasteiger charge is -2.12. The van der Waals surface area contributed by atoms with Crippen LogP contribution in [0, 0.1) is 0 Å². The number of hydrogen-bond acceptors (Lipinski definition) is 2. The van der Waals surface area contributed by atoms with Gasteiger partial charge in [-0.1, -0.05) is 12.2 Å². The van der Waals surface area contributed by atoms with Crippen LogP contribution in [-0.4, -0.2) is 19.3 Å². The second-order valence-corrected chi connectivity index (χ2v) is 3.37. The van der Waals surface area contributed by atoms with Crippen molar-refractivity contribution in [2.45, 2.75) is 32.8 Å².